The SMILES string of the molecule is CCCCSCCC(NCC)(C(N)=O)c1ccccc1. The van der Waals surface area contributed by atoms with E-state index in [2.05, 4.69) is 12.2 Å². The number of carbonyl (C=O) groups excluding carboxylic acids is 1. The number of thioether (sulfide) groups is 1. The lowest BCUT2D eigenvalue weighted by Gasteiger charge is -2.32. The topological polar surface area (TPSA) is 55.1 Å². The van der Waals surface area contributed by atoms with Crippen molar-refractivity contribution in [3.63, 3.8) is 0 Å². The van der Waals surface area contributed by atoms with Gasteiger partial charge in [-0.05, 0) is 36.5 Å². The van der Waals surface area contributed by atoms with Gasteiger partial charge in [0.05, 0.1) is 0 Å². The van der Waals surface area contributed by atoms with Crippen molar-refractivity contribution >= 4 is 17.7 Å². The molecule has 112 valence electrons. The molecule has 0 radical (unpaired) electrons. The third-order valence-electron chi connectivity index (χ3n) is 3.43. The van der Waals surface area contributed by atoms with E-state index < -0.39 is 5.54 Å². The summed E-state index contributed by atoms with van der Waals surface area (Å²) in [5.41, 5.74) is 5.94. The minimum absolute atomic E-state index is 0.290. The Morgan fingerprint density at radius 3 is 2.50 bits per heavy atom. The van der Waals surface area contributed by atoms with Gasteiger partial charge >= 0.3 is 0 Å². The van der Waals surface area contributed by atoms with Crippen LogP contribution in [0.25, 0.3) is 0 Å². The number of nitrogens with two attached hydrogens (primary N) is 1. The van der Waals surface area contributed by atoms with Gasteiger partial charge in [-0.1, -0.05) is 50.6 Å². The predicted octanol–water partition coefficient (Wildman–Crippen LogP) is 2.90. The Morgan fingerprint density at radius 2 is 1.95 bits per heavy atom. The van der Waals surface area contributed by atoms with Crippen LogP contribution >= 0.6 is 11.8 Å². The Kier molecular flexibility index (Phi) is 7.70. The van der Waals surface area contributed by atoms with E-state index in [0.29, 0.717) is 0 Å². The monoisotopic (exact) mass is 294 g/mol. The minimum Gasteiger partial charge on any atom is -0.368 e. The molecule has 0 aliphatic carbocycles. The molecule has 0 heterocycles. The first-order valence-electron chi connectivity index (χ1n) is 7.35. The third kappa shape index (κ3) is 4.53. The van der Waals surface area contributed by atoms with E-state index in [1.54, 1.807) is 0 Å². The highest BCUT2D eigenvalue weighted by Crippen LogP contribution is 2.27. The maximum atomic E-state index is 12.1. The van der Waals surface area contributed by atoms with Crippen molar-refractivity contribution in [2.75, 3.05) is 18.1 Å². The number of hydrogen-bond acceptors (Lipinski definition) is 3. The quantitative estimate of drug-likeness (QED) is 0.652. The van der Waals surface area contributed by atoms with Crippen molar-refractivity contribution < 1.29 is 4.79 Å². The fourth-order valence-corrected chi connectivity index (χ4v) is 3.43. The van der Waals surface area contributed by atoms with E-state index in [1.807, 2.05) is 49.0 Å². The van der Waals surface area contributed by atoms with E-state index in [4.69, 9.17) is 5.73 Å². The number of unbranched alkanes of at least 4 members (excludes halogenated alkanes) is 1. The van der Waals surface area contributed by atoms with Gasteiger partial charge in [0, 0.05) is 0 Å². The number of rotatable bonds is 10. The maximum absolute atomic E-state index is 12.1. The average molecular weight is 294 g/mol. The lowest BCUT2D eigenvalue weighted by molar-refractivity contribution is -0.124. The van der Waals surface area contributed by atoms with Crippen LogP contribution in [0.3, 0.4) is 0 Å². The highest BCUT2D eigenvalue weighted by Gasteiger charge is 2.36. The molecule has 0 saturated carbocycles. The second-order valence-electron chi connectivity index (χ2n) is 4.88. The van der Waals surface area contributed by atoms with Gasteiger partial charge in [0.15, 0.2) is 0 Å². The van der Waals surface area contributed by atoms with Gasteiger partial charge in [-0.15, -0.1) is 0 Å². The Bertz CT molecular complexity index is 397. The first-order valence-corrected chi connectivity index (χ1v) is 8.51. The zero-order chi connectivity index (χ0) is 14.8. The smallest absolute Gasteiger partial charge is 0.242 e. The molecular formula is C16H26N2OS. The molecule has 1 aromatic rings. The number of hydrogen-bond donors (Lipinski definition) is 2. The second-order valence-corrected chi connectivity index (χ2v) is 6.11. The number of nitrogens with one attached hydrogen (secondary N) is 1. The summed E-state index contributed by atoms with van der Waals surface area (Å²) >= 11 is 1.89. The fraction of sp³-hybridized carbons (Fsp3) is 0.562. The van der Waals surface area contributed by atoms with Crippen LogP contribution in [0.1, 0.15) is 38.7 Å². The Morgan fingerprint density at radius 1 is 1.25 bits per heavy atom. The summed E-state index contributed by atoms with van der Waals surface area (Å²) in [4.78, 5) is 12.1. The van der Waals surface area contributed by atoms with Gasteiger partial charge in [-0.3, -0.25) is 10.1 Å². The molecule has 20 heavy (non-hydrogen) atoms. The van der Waals surface area contributed by atoms with Gasteiger partial charge in [-0.2, -0.15) is 11.8 Å². The van der Waals surface area contributed by atoms with Crippen LogP contribution in [0.2, 0.25) is 0 Å². The second kappa shape index (κ2) is 9.03. The highest BCUT2D eigenvalue weighted by molar-refractivity contribution is 7.99. The normalized spacial score (nSPS) is 13.9. The summed E-state index contributed by atoms with van der Waals surface area (Å²) in [6.45, 7) is 4.92. The zero-order valence-electron chi connectivity index (χ0n) is 12.5. The van der Waals surface area contributed by atoms with Crippen LogP contribution in [0.5, 0.6) is 0 Å². The highest BCUT2D eigenvalue weighted by atomic mass is 32.2. The summed E-state index contributed by atoms with van der Waals surface area (Å²) in [7, 11) is 0. The molecule has 0 aliphatic heterocycles. The summed E-state index contributed by atoms with van der Waals surface area (Å²) < 4.78 is 0. The van der Waals surface area contributed by atoms with Gasteiger partial charge in [0.2, 0.25) is 5.91 Å². The number of amides is 1. The van der Waals surface area contributed by atoms with Crippen molar-refractivity contribution in [3.05, 3.63) is 35.9 Å². The third-order valence-corrected chi connectivity index (χ3v) is 4.50. The summed E-state index contributed by atoms with van der Waals surface area (Å²) in [6.07, 6.45) is 3.16. The lowest BCUT2D eigenvalue weighted by atomic mass is 9.86. The van der Waals surface area contributed by atoms with Crippen molar-refractivity contribution in [1.82, 2.24) is 5.32 Å². The molecule has 4 heteroatoms. The van der Waals surface area contributed by atoms with Crippen LogP contribution in [-0.2, 0) is 10.3 Å². The molecule has 1 amide bonds. The van der Waals surface area contributed by atoms with Gasteiger partial charge < -0.3 is 5.73 Å². The number of likely N-dealkylation sites (N-methyl/N-ethyl adjacent to an activating group) is 1. The average Bonchev–Trinajstić information content (AvgIpc) is 2.46. The first kappa shape index (κ1) is 17.1. The van der Waals surface area contributed by atoms with E-state index in [0.717, 1.165) is 30.0 Å². The van der Waals surface area contributed by atoms with E-state index in [1.165, 1.54) is 12.8 Å². The molecule has 1 aromatic carbocycles. The van der Waals surface area contributed by atoms with Gasteiger partial charge in [0.1, 0.15) is 5.54 Å². The molecule has 3 nitrogen and oxygen atoms in total. The molecule has 1 unspecified atom stereocenters. The molecular weight excluding hydrogens is 268 g/mol. The summed E-state index contributed by atoms with van der Waals surface area (Å²) in [6, 6.07) is 9.81. The number of carbonyl (C=O) groups is 1. The zero-order valence-corrected chi connectivity index (χ0v) is 13.3. The molecule has 0 fully saturated rings. The molecule has 1 atom stereocenters. The van der Waals surface area contributed by atoms with Crippen molar-refractivity contribution in [2.45, 2.75) is 38.6 Å². The number of benzene rings is 1. The predicted molar refractivity (Wildman–Crippen MR) is 87.8 cm³/mol. The molecule has 0 aromatic heterocycles. The van der Waals surface area contributed by atoms with Gasteiger partial charge in [-0.25, -0.2) is 0 Å². The van der Waals surface area contributed by atoms with Gasteiger partial charge in [0.25, 0.3) is 0 Å². The summed E-state index contributed by atoms with van der Waals surface area (Å²) in [5.74, 6) is 1.79. The van der Waals surface area contributed by atoms with Crippen LogP contribution in [0, 0.1) is 0 Å². The fourth-order valence-electron chi connectivity index (χ4n) is 2.29. The molecule has 0 spiro atoms. The Hall–Kier alpha value is -1.00. The first-order chi connectivity index (χ1) is 9.67. The lowest BCUT2D eigenvalue weighted by Crippen LogP contribution is -2.53. The van der Waals surface area contributed by atoms with Crippen LogP contribution in [0.4, 0.5) is 0 Å². The molecule has 0 aliphatic rings. The van der Waals surface area contributed by atoms with E-state index in [-0.39, 0.29) is 5.91 Å². The molecule has 0 saturated heterocycles. The maximum Gasteiger partial charge on any atom is 0.242 e. The molecule has 1 rings (SSSR count). The number of primary amides is 1. The van der Waals surface area contributed by atoms with E-state index in [9.17, 15) is 4.79 Å². The molecule has 3 N–H and O–H groups in total. The Balaban J connectivity index is 2.81. The standard InChI is InChI=1S/C16H26N2OS/c1-3-5-12-20-13-11-16(15(17)19,18-4-2)14-9-7-6-8-10-14/h6-10,18H,3-5,11-13H2,1-2H3,(H2,17,19). The summed E-state index contributed by atoms with van der Waals surface area (Å²) in [5, 5.41) is 3.31. The van der Waals surface area contributed by atoms with Crippen molar-refractivity contribution in [2.24, 2.45) is 5.73 Å². The van der Waals surface area contributed by atoms with Crippen LogP contribution < -0.4 is 11.1 Å². The van der Waals surface area contributed by atoms with Crippen LogP contribution in [-0.4, -0.2) is 24.0 Å². The minimum atomic E-state index is -0.741. The van der Waals surface area contributed by atoms with Crippen molar-refractivity contribution in [1.29, 1.82) is 0 Å². The Labute approximate surface area is 126 Å². The largest absolute Gasteiger partial charge is 0.368 e. The van der Waals surface area contributed by atoms with Crippen molar-refractivity contribution in [3.8, 4) is 0 Å². The van der Waals surface area contributed by atoms with E-state index >= 15 is 0 Å². The molecule has 0 bridgehead atoms. The van der Waals surface area contributed by atoms with Crippen LogP contribution in [0.15, 0.2) is 30.3 Å².